The number of hydrogen-bond acceptors (Lipinski definition) is 23. The molecule has 450 valence electrons. The van der Waals surface area contributed by atoms with Gasteiger partial charge in [0.05, 0.1) is 37.6 Å². The minimum Gasteiger partial charge on any atom is -0.463 e. The molecular weight excluding hydrogens is 1030 g/mol. The molecule has 4 saturated heterocycles. The van der Waals surface area contributed by atoms with Crippen LogP contribution < -0.4 is 0 Å². The van der Waals surface area contributed by atoms with Crippen molar-refractivity contribution in [3.05, 3.63) is 11.6 Å². The molecule has 4 saturated carbocycles. The Morgan fingerprint density at radius 3 is 1.76 bits per heavy atom. The molecule has 0 unspecified atom stereocenters. The molecule has 0 bridgehead atoms. The van der Waals surface area contributed by atoms with Gasteiger partial charge in [-0.05, 0) is 124 Å². The Balaban J connectivity index is 1.02. The monoisotopic (exact) mass is 1120 g/mol. The molecule has 0 radical (unpaired) electrons. The van der Waals surface area contributed by atoms with Crippen molar-refractivity contribution < 1.29 is 114 Å². The maximum Gasteiger partial charge on any atom is 0.302 e. The van der Waals surface area contributed by atoms with Gasteiger partial charge in [0.1, 0.15) is 98.2 Å². The molecule has 4 heterocycles. The zero-order valence-electron chi connectivity index (χ0n) is 46.6. The topological polar surface area (TPSA) is 363 Å². The number of fused-ring (bicyclic) bond motifs is 5. The zero-order chi connectivity index (χ0) is 57.4. The van der Waals surface area contributed by atoms with Crippen molar-refractivity contribution in [2.24, 2.45) is 45.3 Å². The number of allylic oxidation sites excluding steroid dienone is 2. The third kappa shape index (κ3) is 11.2. The summed E-state index contributed by atoms with van der Waals surface area (Å²) in [4.78, 5) is 11.9. The number of aliphatic hydroxyl groups is 13. The van der Waals surface area contributed by atoms with Crippen molar-refractivity contribution >= 4 is 5.97 Å². The summed E-state index contributed by atoms with van der Waals surface area (Å²) >= 11 is 0. The fraction of sp³-hybridized carbons (Fsp3) is 0.945. The van der Waals surface area contributed by atoms with Gasteiger partial charge in [0.15, 0.2) is 25.2 Å². The zero-order valence-corrected chi connectivity index (χ0v) is 46.6. The van der Waals surface area contributed by atoms with Gasteiger partial charge >= 0.3 is 5.97 Å². The van der Waals surface area contributed by atoms with Crippen molar-refractivity contribution in [1.82, 2.24) is 0 Å². The lowest BCUT2D eigenvalue weighted by Gasteiger charge is -2.71. The molecule has 13 N–H and O–H groups in total. The van der Waals surface area contributed by atoms with Crippen LogP contribution in [0.5, 0.6) is 0 Å². The number of carbonyl (C=O) groups is 1. The Labute approximate surface area is 456 Å². The summed E-state index contributed by atoms with van der Waals surface area (Å²) in [7, 11) is 0. The van der Waals surface area contributed by atoms with E-state index < -0.39 is 178 Å². The molecule has 23 nitrogen and oxygen atoms in total. The van der Waals surface area contributed by atoms with E-state index in [4.69, 9.17) is 42.6 Å². The smallest absolute Gasteiger partial charge is 0.302 e. The molecule has 0 amide bonds. The highest BCUT2D eigenvalue weighted by molar-refractivity contribution is 5.65. The number of rotatable bonds is 17. The predicted octanol–water partition coefficient (Wildman–Crippen LogP) is -0.993. The molecule has 8 fully saturated rings. The lowest BCUT2D eigenvalue weighted by molar-refractivity contribution is -0.378. The molecule has 29 atom stereocenters. The second-order valence-electron chi connectivity index (χ2n) is 25.9. The van der Waals surface area contributed by atoms with Gasteiger partial charge in [-0.3, -0.25) is 4.79 Å². The van der Waals surface area contributed by atoms with Gasteiger partial charge in [-0.15, -0.1) is 0 Å². The van der Waals surface area contributed by atoms with Gasteiger partial charge < -0.3 is 109 Å². The Morgan fingerprint density at radius 1 is 0.590 bits per heavy atom. The van der Waals surface area contributed by atoms with E-state index in [9.17, 15) is 71.2 Å². The lowest BCUT2D eigenvalue weighted by Crippen LogP contribution is -2.68. The first-order valence-electron chi connectivity index (χ1n) is 28.2. The van der Waals surface area contributed by atoms with E-state index in [-0.39, 0.29) is 34.5 Å². The van der Waals surface area contributed by atoms with E-state index in [1.807, 2.05) is 20.8 Å². The van der Waals surface area contributed by atoms with E-state index >= 15 is 0 Å². The van der Waals surface area contributed by atoms with Crippen LogP contribution in [0.2, 0.25) is 0 Å². The fourth-order valence-corrected chi connectivity index (χ4v) is 16.2. The normalized spacial score (nSPS) is 50.9. The van der Waals surface area contributed by atoms with Gasteiger partial charge in [-0.25, -0.2) is 0 Å². The van der Waals surface area contributed by atoms with Crippen molar-refractivity contribution in [2.45, 2.75) is 255 Å². The molecule has 0 aromatic heterocycles. The Kier molecular flexibility index (Phi) is 19.0. The van der Waals surface area contributed by atoms with Gasteiger partial charge in [0, 0.05) is 6.92 Å². The van der Waals surface area contributed by atoms with Gasteiger partial charge in [-0.2, -0.15) is 0 Å². The largest absolute Gasteiger partial charge is 0.463 e. The summed E-state index contributed by atoms with van der Waals surface area (Å²) in [5.74, 6) is -1.11. The van der Waals surface area contributed by atoms with Crippen molar-refractivity contribution in [2.75, 3.05) is 26.4 Å². The maximum absolute atomic E-state index is 12.9. The molecule has 4 aliphatic heterocycles. The van der Waals surface area contributed by atoms with Crippen molar-refractivity contribution in [3.8, 4) is 0 Å². The second-order valence-corrected chi connectivity index (χ2v) is 25.9. The maximum atomic E-state index is 12.9. The van der Waals surface area contributed by atoms with Gasteiger partial charge in [0.25, 0.3) is 0 Å². The summed E-state index contributed by atoms with van der Waals surface area (Å²) in [6.45, 7) is 16.2. The highest BCUT2D eigenvalue weighted by Gasteiger charge is 2.72. The molecular formula is C55H92O23. The molecule has 78 heavy (non-hydrogen) atoms. The first-order valence-corrected chi connectivity index (χ1v) is 28.2. The molecule has 8 rings (SSSR count). The Bertz CT molecular complexity index is 2060. The van der Waals surface area contributed by atoms with Gasteiger partial charge in [-0.1, -0.05) is 46.3 Å². The standard InChI is InChI=1S/C55H92O23/c1-24(2)11-10-15-55(9,78-49-45(69)41(65)38(62)31(74-49)23-71-47-43(67)37(61)29(21-57)72-47)26-12-17-54(8)35(26)27(59)19-33-52(6)16-14-34(51(4,5)32(52)13-18-53(33,54)7)76-50-46(42(66)39(63)30(75-50)22-70-25(3)58)77-48-44(68)40(64)36(60)28(20-56)73-48/h11,26-50,56-57,59-69H,10,12-23H2,1-9H3/t26-,27-,28+,29-,30+,31+,32+,33-,34-,35+,36-,37+,38-,39+,40-,41+,42+,43+,44-,45+,46-,47+,48-,49-,50+,52-,53-,54+,55+/m1/s1. The van der Waals surface area contributed by atoms with Crippen LogP contribution in [0.4, 0.5) is 0 Å². The Morgan fingerprint density at radius 2 is 1.13 bits per heavy atom. The van der Waals surface area contributed by atoms with Crippen molar-refractivity contribution in [3.63, 3.8) is 0 Å². The average molecular weight is 1120 g/mol. The summed E-state index contributed by atoms with van der Waals surface area (Å²) in [6.07, 6.45) is -22.6. The quantitative estimate of drug-likeness (QED) is 0.0472. The first kappa shape index (κ1) is 62.4. The Hall–Kier alpha value is -1.63. The van der Waals surface area contributed by atoms with Crippen LogP contribution in [0, 0.1) is 45.3 Å². The third-order valence-electron chi connectivity index (χ3n) is 20.8. The number of hydrogen-bond donors (Lipinski definition) is 13. The SMILES string of the molecule is CC(=O)OC[C@@H]1O[C@@H](O[C@@H]2CC[C@@]3(C)[C@H]4C[C@@H](O)[C@@H]5[C@H]([C@](C)(CCC=C(C)C)O[C@H]6O[C@@H](CO[C@H]7O[C@H](CO)[C@H](O)[C@@H]7O)[C@@H](O)[C@H](O)[C@@H]6O)CC[C@]5(C)[C@]4(C)CC[C@H]3C2(C)C)[C@H](O[C@H]2O[C@@H](CO)[C@@H](O)[C@@H](O)[C@H]2O)[C@@H](O)[C@H]1O. The summed E-state index contributed by atoms with van der Waals surface area (Å²) < 4.78 is 54.4. The van der Waals surface area contributed by atoms with Crippen LogP contribution in [-0.2, 0) is 47.4 Å². The molecule has 8 aliphatic rings. The molecule has 23 heteroatoms. The molecule has 0 spiro atoms. The lowest BCUT2D eigenvalue weighted by atomic mass is 9.35. The van der Waals surface area contributed by atoms with E-state index in [2.05, 4.69) is 40.7 Å². The molecule has 4 aliphatic carbocycles. The summed E-state index contributed by atoms with van der Waals surface area (Å²) in [6, 6.07) is 0. The number of esters is 1. The third-order valence-corrected chi connectivity index (χ3v) is 20.8. The molecule has 0 aromatic rings. The number of ether oxygens (including phenoxy) is 9. The van der Waals surface area contributed by atoms with Crippen LogP contribution in [0.15, 0.2) is 11.6 Å². The van der Waals surface area contributed by atoms with Crippen LogP contribution in [-0.4, -0.2) is 233 Å². The number of aliphatic hydroxyl groups excluding tert-OH is 13. The van der Waals surface area contributed by atoms with E-state index in [0.717, 1.165) is 24.8 Å². The van der Waals surface area contributed by atoms with Crippen LogP contribution >= 0.6 is 0 Å². The van der Waals surface area contributed by atoms with E-state index in [1.54, 1.807) is 0 Å². The average Bonchev–Trinajstić information content (AvgIpc) is 3.15. The van der Waals surface area contributed by atoms with Crippen LogP contribution in [0.3, 0.4) is 0 Å². The van der Waals surface area contributed by atoms with E-state index in [1.165, 1.54) is 6.92 Å². The molecule has 0 aromatic carbocycles. The minimum atomic E-state index is -1.84. The first-order chi connectivity index (χ1) is 36.5. The summed E-state index contributed by atoms with van der Waals surface area (Å²) in [5, 5.41) is 142. The number of carbonyl (C=O) groups excluding carboxylic acids is 1. The van der Waals surface area contributed by atoms with Crippen molar-refractivity contribution in [1.29, 1.82) is 0 Å². The van der Waals surface area contributed by atoms with E-state index in [0.29, 0.717) is 38.5 Å². The highest BCUT2D eigenvalue weighted by atomic mass is 16.8. The summed E-state index contributed by atoms with van der Waals surface area (Å²) in [5.41, 5.74) is -1.58. The highest BCUT2D eigenvalue weighted by Crippen LogP contribution is 2.76. The van der Waals surface area contributed by atoms with Crippen LogP contribution in [0.25, 0.3) is 0 Å². The van der Waals surface area contributed by atoms with Gasteiger partial charge in [0.2, 0.25) is 0 Å². The van der Waals surface area contributed by atoms with Crippen LogP contribution in [0.1, 0.15) is 120 Å². The second kappa shape index (κ2) is 23.8. The predicted molar refractivity (Wildman–Crippen MR) is 270 cm³/mol. The fourth-order valence-electron chi connectivity index (χ4n) is 16.2. The minimum absolute atomic E-state index is 0.0260.